The molecule has 86 valence electrons. The summed E-state index contributed by atoms with van der Waals surface area (Å²) in [6.07, 6.45) is 8.11. The summed E-state index contributed by atoms with van der Waals surface area (Å²) in [5.74, 6) is 2.19. The third kappa shape index (κ3) is 1.45. The highest BCUT2D eigenvalue weighted by molar-refractivity contribution is 5.46. The Morgan fingerprint density at radius 1 is 1.12 bits per heavy atom. The Kier molecular flexibility index (Phi) is 2.42. The van der Waals surface area contributed by atoms with E-state index < -0.39 is 0 Å². The van der Waals surface area contributed by atoms with E-state index in [2.05, 4.69) is 13.0 Å². The summed E-state index contributed by atoms with van der Waals surface area (Å²) in [7, 11) is 0. The van der Waals surface area contributed by atoms with Gasteiger partial charge in [-0.1, -0.05) is 18.9 Å². The smallest absolute Gasteiger partial charge is 0.118 e. The molecule has 1 saturated carbocycles. The molecule has 0 aromatic heterocycles. The average Bonchev–Trinajstić information content (AvgIpc) is 2.33. The first-order chi connectivity index (χ1) is 7.77. The van der Waals surface area contributed by atoms with Crippen LogP contribution in [0.5, 0.6) is 5.75 Å². The van der Waals surface area contributed by atoms with Crippen LogP contribution in [-0.4, -0.2) is 5.11 Å². The predicted octanol–water partition coefficient (Wildman–Crippen LogP) is 3.92. The number of aromatic hydroxyl groups is 1. The summed E-state index contributed by atoms with van der Waals surface area (Å²) in [6.45, 7) is 2.07. The van der Waals surface area contributed by atoms with Crippen molar-refractivity contribution in [2.24, 2.45) is 5.92 Å². The van der Waals surface area contributed by atoms with E-state index in [1.165, 1.54) is 44.1 Å². The van der Waals surface area contributed by atoms with Gasteiger partial charge in [0, 0.05) is 0 Å². The van der Waals surface area contributed by atoms with Crippen molar-refractivity contribution < 1.29 is 5.11 Å². The van der Waals surface area contributed by atoms with Crippen molar-refractivity contribution in [2.75, 3.05) is 0 Å². The van der Waals surface area contributed by atoms with Crippen LogP contribution in [0.1, 0.15) is 54.7 Å². The van der Waals surface area contributed by atoms with E-state index in [0.717, 1.165) is 17.4 Å². The van der Waals surface area contributed by atoms with Crippen LogP contribution >= 0.6 is 0 Å². The second-order valence-corrected chi connectivity index (χ2v) is 5.47. The van der Waals surface area contributed by atoms with Crippen LogP contribution in [0.15, 0.2) is 12.1 Å². The first-order valence-electron chi connectivity index (χ1n) is 6.58. The van der Waals surface area contributed by atoms with Crippen molar-refractivity contribution in [2.45, 2.75) is 51.4 Å². The molecule has 0 aliphatic heterocycles. The van der Waals surface area contributed by atoms with E-state index in [1.54, 1.807) is 5.56 Å². The van der Waals surface area contributed by atoms with Gasteiger partial charge in [0.1, 0.15) is 5.75 Å². The number of fused-ring (bicyclic) bond motifs is 3. The van der Waals surface area contributed by atoms with Gasteiger partial charge >= 0.3 is 0 Å². The summed E-state index contributed by atoms with van der Waals surface area (Å²) in [4.78, 5) is 0. The minimum absolute atomic E-state index is 0.480. The Morgan fingerprint density at radius 3 is 2.81 bits per heavy atom. The maximum absolute atomic E-state index is 9.77. The van der Waals surface area contributed by atoms with Crippen molar-refractivity contribution in [3.8, 4) is 5.75 Å². The molecule has 0 radical (unpaired) electrons. The van der Waals surface area contributed by atoms with Crippen LogP contribution < -0.4 is 0 Å². The van der Waals surface area contributed by atoms with Gasteiger partial charge in [0.25, 0.3) is 0 Å². The van der Waals surface area contributed by atoms with Gasteiger partial charge in [0.15, 0.2) is 0 Å². The van der Waals surface area contributed by atoms with Crippen LogP contribution in [0, 0.1) is 12.8 Å². The number of benzene rings is 1. The lowest BCUT2D eigenvalue weighted by molar-refractivity contribution is 0.275. The quantitative estimate of drug-likeness (QED) is 0.697. The lowest BCUT2D eigenvalue weighted by Gasteiger charge is -2.38. The fourth-order valence-electron chi connectivity index (χ4n) is 3.74. The van der Waals surface area contributed by atoms with Crippen LogP contribution in [0.4, 0.5) is 0 Å². The largest absolute Gasteiger partial charge is 0.508 e. The molecule has 2 unspecified atom stereocenters. The number of phenolic OH excluding ortho intramolecular Hbond substituents is 1. The van der Waals surface area contributed by atoms with E-state index in [9.17, 15) is 5.11 Å². The fraction of sp³-hybridized carbons (Fsp3) is 0.600. The maximum atomic E-state index is 9.77. The topological polar surface area (TPSA) is 20.2 Å². The molecule has 1 heteroatoms. The molecular weight excluding hydrogens is 196 g/mol. The highest BCUT2D eigenvalue weighted by Gasteiger charge is 2.32. The Hall–Kier alpha value is -0.980. The second-order valence-electron chi connectivity index (χ2n) is 5.47. The van der Waals surface area contributed by atoms with Gasteiger partial charge < -0.3 is 5.11 Å². The summed E-state index contributed by atoms with van der Waals surface area (Å²) < 4.78 is 0. The third-order valence-electron chi connectivity index (χ3n) is 4.68. The molecule has 0 saturated heterocycles. The van der Waals surface area contributed by atoms with E-state index in [0.29, 0.717) is 5.75 Å². The molecule has 16 heavy (non-hydrogen) atoms. The number of rotatable bonds is 0. The van der Waals surface area contributed by atoms with Crippen LogP contribution in [0.2, 0.25) is 0 Å². The van der Waals surface area contributed by atoms with Gasteiger partial charge in [-0.3, -0.25) is 0 Å². The van der Waals surface area contributed by atoms with Crippen LogP contribution in [0.3, 0.4) is 0 Å². The molecule has 1 fully saturated rings. The zero-order chi connectivity index (χ0) is 11.1. The monoisotopic (exact) mass is 216 g/mol. The molecule has 2 atom stereocenters. The molecule has 2 aliphatic rings. The number of phenols is 1. The summed E-state index contributed by atoms with van der Waals surface area (Å²) in [6, 6.07) is 4.07. The van der Waals surface area contributed by atoms with Crippen LogP contribution in [-0.2, 0) is 6.42 Å². The predicted molar refractivity (Wildman–Crippen MR) is 65.9 cm³/mol. The molecule has 1 N–H and O–H groups in total. The Labute approximate surface area is 97.5 Å². The molecule has 1 nitrogen and oxygen atoms in total. The first-order valence-corrected chi connectivity index (χ1v) is 6.58. The Morgan fingerprint density at radius 2 is 1.94 bits per heavy atom. The molecule has 0 heterocycles. The minimum Gasteiger partial charge on any atom is -0.508 e. The van der Waals surface area contributed by atoms with E-state index in [1.807, 2.05) is 6.07 Å². The van der Waals surface area contributed by atoms with Crippen molar-refractivity contribution >= 4 is 0 Å². The van der Waals surface area contributed by atoms with Gasteiger partial charge in [-0.2, -0.15) is 0 Å². The third-order valence-corrected chi connectivity index (χ3v) is 4.68. The molecule has 0 spiro atoms. The number of hydrogen-bond acceptors (Lipinski definition) is 1. The molecular formula is C15H20O. The minimum atomic E-state index is 0.480. The summed E-state index contributed by atoms with van der Waals surface area (Å²) in [5, 5.41) is 9.77. The highest BCUT2D eigenvalue weighted by atomic mass is 16.3. The lowest BCUT2D eigenvalue weighted by atomic mass is 9.67. The standard InChI is InChI=1S/C15H20O/c1-10-12-7-6-11-4-2-3-5-13(11)14(12)8-9-15(10)16/h8-9,11,13,16H,2-7H2,1H3. The summed E-state index contributed by atoms with van der Waals surface area (Å²) >= 11 is 0. The van der Waals surface area contributed by atoms with Gasteiger partial charge in [-0.05, 0) is 67.2 Å². The van der Waals surface area contributed by atoms with Crippen molar-refractivity contribution in [1.82, 2.24) is 0 Å². The Bertz CT molecular complexity index is 408. The van der Waals surface area contributed by atoms with Crippen molar-refractivity contribution in [1.29, 1.82) is 0 Å². The van der Waals surface area contributed by atoms with E-state index in [-0.39, 0.29) is 0 Å². The Balaban J connectivity index is 2.05. The maximum Gasteiger partial charge on any atom is 0.118 e. The second kappa shape index (κ2) is 3.80. The molecule has 1 aromatic rings. The lowest BCUT2D eigenvalue weighted by Crippen LogP contribution is -2.24. The SMILES string of the molecule is Cc1c(O)ccc2c1CCC1CCCCC21. The summed E-state index contributed by atoms with van der Waals surface area (Å²) in [5.41, 5.74) is 4.12. The highest BCUT2D eigenvalue weighted by Crippen LogP contribution is 2.46. The van der Waals surface area contributed by atoms with Crippen molar-refractivity contribution in [3.63, 3.8) is 0 Å². The average molecular weight is 216 g/mol. The molecule has 2 aliphatic carbocycles. The molecule has 1 aromatic carbocycles. The zero-order valence-corrected chi connectivity index (χ0v) is 10.00. The van der Waals surface area contributed by atoms with Gasteiger partial charge in [-0.15, -0.1) is 0 Å². The normalized spacial score (nSPS) is 28.3. The van der Waals surface area contributed by atoms with Crippen molar-refractivity contribution in [3.05, 3.63) is 28.8 Å². The molecule has 0 amide bonds. The van der Waals surface area contributed by atoms with Gasteiger partial charge in [0.05, 0.1) is 0 Å². The van der Waals surface area contributed by atoms with Gasteiger partial charge in [-0.25, -0.2) is 0 Å². The number of hydrogen-bond donors (Lipinski definition) is 1. The van der Waals surface area contributed by atoms with Crippen LogP contribution in [0.25, 0.3) is 0 Å². The van der Waals surface area contributed by atoms with E-state index in [4.69, 9.17) is 0 Å². The fourth-order valence-corrected chi connectivity index (χ4v) is 3.74. The van der Waals surface area contributed by atoms with E-state index >= 15 is 0 Å². The molecule has 3 rings (SSSR count). The molecule has 0 bridgehead atoms. The van der Waals surface area contributed by atoms with Gasteiger partial charge in [0.2, 0.25) is 0 Å². The first kappa shape index (κ1) is 10.2. The zero-order valence-electron chi connectivity index (χ0n) is 10.00.